The van der Waals surface area contributed by atoms with Gasteiger partial charge in [0.2, 0.25) is 6.29 Å². The smallest absolute Gasteiger partial charge is 0.314 e. The van der Waals surface area contributed by atoms with Crippen molar-refractivity contribution >= 4 is 5.97 Å². The van der Waals surface area contributed by atoms with Gasteiger partial charge in [-0.2, -0.15) is 0 Å². The van der Waals surface area contributed by atoms with Crippen molar-refractivity contribution in [2.45, 2.75) is 139 Å². The lowest BCUT2D eigenvalue weighted by Gasteiger charge is -2.63. The third kappa shape index (κ3) is 5.18. The maximum absolute atomic E-state index is 14.0. The maximum Gasteiger partial charge on any atom is 0.314 e. The first-order valence-corrected chi connectivity index (χ1v) is 16.8. The van der Waals surface area contributed by atoms with Gasteiger partial charge in [-0.25, -0.2) is 0 Å². The summed E-state index contributed by atoms with van der Waals surface area (Å²) in [4.78, 5) is 14.0. The Morgan fingerprint density at radius 3 is 1.96 bits per heavy atom. The molecule has 14 nitrogen and oxygen atoms in total. The van der Waals surface area contributed by atoms with E-state index in [1.807, 2.05) is 6.92 Å². The highest BCUT2D eigenvalue weighted by atomic mass is 16.7. The van der Waals surface area contributed by atoms with Gasteiger partial charge in [0.25, 0.3) is 0 Å². The van der Waals surface area contributed by atoms with Crippen LogP contribution in [0.4, 0.5) is 0 Å². The number of aliphatic hydroxyl groups is 9. The van der Waals surface area contributed by atoms with E-state index in [-0.39, 0.29) is 35.2 Å². The molecule has 2 bridgehead atoms. The number of hydrogen-bond donors (Lipinski definition) is 9. The molecule has 0 aromatic rings. The number of fused-ring (bicyclic) bond motifs is 3. The number of hydrogen-bond acceptors (Lipinski definition) is 14. The number of ether oxygens (including phenoxy) is 4. The normalized spacial score (nSPS) is 55.3. The molecular formula is C32H52O14. The zero-order chi connectivity index (χ0) is 33.4. The minimum atomic E-state index is -1.68. The second-order valence-corrected chi connectivity index (χ2v) is 15.6. The second kappa shape index (κ2) is 12.4. The Bertz CT molecular complexity index is 1120. The van der Waals surface area contributed by atoms with E-state index in [4.69, 9.17) is 18.9 Å². The predicted octanol–water partition coefficient (Wildman–Crippen LogP) is -1.71. The molecule has 2 heterocycles. The average Bonchev–Trinajstić information content (AvgIpc) is 3.26. The Kier molecular flexibility index (Phi) is 9.39. The van der Waals surface area contributed by atoms with Gasteiger partial charge in [0.1, 0.15) is 48.8 Å². The molecule has 1 spiro atoms. The van der Waals surface area contributed by atoms with Crippen molar-refractivity contribution in [2.75, 3.05) is 19.8 Å². The fourth-order valence-corrected chi connectivity index (χ4v) is 11.0. The lowest BCUT2D eigenvalue weighted by molar-refractivity contribution is -0.335. The third-order valence-electron chi connectivity index (χ3n) is 13.3. The number of esters is 1. The molecule has 2 aliphatic heterocycles. The molecule has 17 atom stereocenters. The van der Waals surface area contributed by atoms with Crippen LogP contribution in [0.5, 0.6) is 0 Å². The summed E-state index contributed by atoms with van der Waals surface area (Å²) in [7, 11) is 0. The van der Waals surface area contributed by atoms with Gasteiger partial charge in [-0.05, 0) is 86.9 Å². The molecule has 6 rings (SSSR count). The van der Waals surface area contributed by atoms with Crippen LogP contribution in [0.1, 0.15) is 71.6 Å². The van der Waals surface area contributed by atoms with E-state index in [1.54, 1.807) is 0 Å². The van der Waals surface area contributed by atoms with Gasteiger partial charge in [-0.15, -0.1) is 0 Å². The second-order valence-electron chi connectivity index (χ2n) is 15.6. The number of aliphatic hydroxyl groups excluding tert-OH is 9. The summed E-state index contributed by atoms with van der Waals surface area (Å²) in [6.07, 6.45) is -8.26. The van der Waals surface area contributed by atoms with Crippen LogP contribution in [0.3, 0.4) is 0 Å². The van der Waals surface area contributed by atoms with Crippen LogP contribution in [0.15, 0.2) is 0 Å². The van der Waals surface area contributed by atoms with E-state index in [1.165, 1.54) is 0 Å². The summed E-state index contributed by atoms with van der Waals surface area (Å²) in [5, 5.41) is 92.4. The lowest BCUT2D eigenvalue weighted by atomic mass is 9.41. The van der Waals surface area contributed by atoms with Gasteiger partial charge in [-0.1, -0.05) is 13.3 Å². The Labute approximate surface area is 268 Å². The standard InChI is InChI=1S/C32H52O14/c1-29-7-3-8-30(2,28(42)45-26-24(40)22(38)20(36)16(11-33)43-26)18(29)6-9-31-10-15(4-5-19(29)31)32(13-31,14-35)46-27-25(41)23(39)21(37)17(12-34)44-27/h15-27,33-41H,3-14H2,1-2H3/t15-,16-,17-,18+,19+,20+,21+,22+,23+,24+,25+,26+,27+,29-,30-,31+,32+/m1/s1. The summed E-state index contributed by atoms with van der Waals surface area (Å²) in [6, 6.07) is 0. The van der Waals surface area contributed by atoms with Crippen LogP contribution in [0.25, 0.3) is 0 Å². The van der Waals surface area contributed by atoms with E-state index in [2.05, 4.69) is 6.92 Å². The van der Waals surface area contributed by atoms with Gasteiger partial charge in [-0.3, -0.25) is 4.79 Å². The summed E-state index contributed by atoms with van der Waals surface area (Å²) in [5.74, 6) is -0.498. The molecule has 0 amide bonds. The van der Waals surface area contributed by atoms with Crippen LogP contribution in [-0.2, 0) is 23.7 Å². The SMILES string of the molecule is C[C@@]12CCC[C@@](C)(C(=O)O[C@@H]3O[C@H](CO)[C@H](O)[C@H](O)[C@@H]3O)[C@H]1CC[C@@]13C[C@@H](CC[C@H]12)[C@](CO)(O[C@@H]1O[C@H](CO)[C@H](O)[C@H](O)[C@@H]1O)C3. The van der Waals surface area contributed by atoms with Gasteiger partial charge >= 0.3 is 5.97 Å². The van der Waals surface area contributed by atoms with Crippen LogP contribution in [0, 0.1) is 34.0 Å². The molecule has 0 radical (unpaired) electrons. The molecule has 264 valence electrons. The molecule has 0 unspecified atom stereocenters. The van der Waals surface area contributed by atoms with Crippen LogP contribution < -0.4 is 0 Å². The molecule has 6 fully saturated rings. The van der Waals surface area contributed by atoms with Crippen molar-refractivity contribution in [1.29, 1.82) is 0 Å². The lowest BCUT2D eigenvalue weighted by Crippen LogP contribution is -2.62. The first-order valence-electron chi connectivity index (χ1n) is 16.8. The molecule has 6 aliphatic rings. The summed E-state index contributed by atoms with van der Waals surface area (Å²) in [6.45, 7) is 2.59. The van der Waals surface area contributed by atoms with Gasteiger partial charge in [0.15, 0.2) is 6.29 Å². The van der Waals surface area contributed by atoms with E-state index in [0.29, 0.717) is 19.3 Å². The zero-order valence-electron chi connectivity index (χ0n) is 26.6. The molecule has 46 heavy (non-hydrogen) atoms. The summed E-state index contributed by atoms with van der Waals surface area (Å²) in [5.41, 5.74) is -2.49. The molecule has 4 aliphatic carbocycles. The Morgan fingerprint density at radius 2 is 1.35 bits per heavy atom. The Balaban J connectivity index is 1.22. The molecular weight excluding hydrogens is 608 g/mol. The maximum atomic E-state index is 14.0. The minimum Gasteiger partial charge on any atom is -0.432 e. The van der Waals surface area contributed by atoms with E-state index in [0.717, 1.165) is 38.5 Å². The first-order chi connectivity index (χ1) is 21.7. The number of carbonyl (C=O) groups is 1. The van der Waals surface area contributed by atoms with Crippen molar-refractivity contribution in [3.05, 3.63) is 0 Å². The fraction of sp³-hybridized carbons (Fsp3) is 0.969. The Morgan fingerprint density at radius 1 is 0.739 bits per heavy atom. The van der Waals surface area contributed by atoms with Crippen molar-refractivity contribution in [2.24, 2.45) is 34.0 Å². The highest BCUT2D eigenvalue weighted by Crippen LogP contribution is 2.73. The molecule has 0 aromatic carbocycles. The zero-order valence-corrected chi connectivity index (χ0v) is 26.6. The highest BCUT2D eigenvalue weighted by molar-refractivity contribution is 5.77. The van der Waals surface area contributed by atoms with Gasteiger partial charge < -0.3 is 64.9 Å². The molecule has 4 saturated carbocycles. The largest absolute Gasteiger partial charge is 0.432 e. The van der Waals surface area contributed by atoms with E-state index in [9.17, 15) is 50.8 Å². The quantitative estimate of drug-likeness (QED) is 0.138. The molecule has 9 N–H and O–H groups in total. The third-order valence-corrected chi connectivity index (χ3v) is 13.3. The van der Waals surface area contributed by atoms with Crippen LogP contribution >= 0.6 is 0 Å². The van der Waals surface area contributed by atoms with Crippen molar-refractivity contribution < 1.29 is 69.7 Å². The molecule has 0 aromatic heterocycles. The molecule has 14 heteroatoms. The molecule has 2 saturated heterocycles. The Hall–Kier alpha value is -1.01. The van der Waals surface area contributed by atoms with Crippen molar-refractivity contribution in [3.8, 4) is 0 Å². The highest BCUT2D eigenvalue weighted by Gasteiger charge is 2.70. The van der Waals surface area contributed by atoms with E-state index >= 15 is 0 Å². The van der Waals surface area contributed by atoms with Gasteiger partial charge in [0.05, 0.1) is 30.8 Å². The fourth-order valence-electron chi connectivity index (χ4n) is 11.0. The van der Waals surface area contributed by atoms with Crippen LogP contribution in [-0.4, -0.2) is 139 Å². The summed E-state index contributed by atoms with van der Waals surface area (Å²) >= 11 is 0. The van der Waals surface area contributed by atoms with Gasteiger partial charge in [0, 0.05) is 0 Å². The van der Waals surface area contributed by atoms with Crippen LogP contribution in [0.2, 0.25) is 0 Å². The average molecular weight is 661 g/mol. The monoisotopic (exact) mass is 660 g/mol. The number of carbonyl (C=O) groups excluding carboxylic acids is 1. The first kappa shape index (κ1) is 34.8. The minimum absolute atomic E-state index is 0.0487. The van der Waals surface area contributed by atoms with Crippen molar-refractivity contribution in [1.82, 2.24) is 0 Å². The topological polar surface area (TPSA) is 236 Å². The van der Waals surface area contributed by atoms with Crippen molar-refractivity contribution in [3.63, 3.8) is 0 Å². The van der Waals surface area contributed by atoms with E-state index < -0.39 is 91.6 Å². The number of rotatable bonds is 7. The summed E-state index contributed by atoms with van der Waals surface area (Å²) < 4.78 is 23.3. The predicted molar refractivity (Wildman–Crippen MR) is 155 cm³/mol.